The Morgan fingerprint density at radius 1 is 1.45 bits per heavy atom. The number of hydrogen-bond donors (Lipinski definition) is 1. The van der Waals surface area contributed by atoms with E-state index in [2.05, 4.69) is 20.9 Å². The third kappa shape index (κ3) is 4.08. The van der Waals surface area contributed by atoms with Crippen LogP contribution < -0.4 is 10.5 Å². The topological polar surface area (TPSA) is 53.1 Å². The molecule has 0 spiro atoms. The third-order valence-electron chi connectivity index (χ3n) is 3.07. The van der Waals surface area contributed by atoms with Crippen LogP contribution in [0, 0.1) is 0 Å². The van der Waals surface area contributed by atoms with Crippen molar-refractivity contribution >= 4 is 15.9 Å². The van der Waals surface area contributed by atoms with Crippen molar-refractivity contribution in [3.63, 3.8) is 0 Å². The highest BCUT2D eigenvalue weighted by Gasteiger charge is 2.06. The van der Waals surface area contributed by atoms with Crippen LogP contribution in [0.1, 0.15) is 18.3 Å². The second-order valence-electron chi connectivity index (χ2n) is 4.99. The molecule has 0 radical (unpaired) electrons. The lowest BCUT2D eigenvalue weighted by atomic mass is 10.1. The summed E-state index contributed by atoms with van der Waals surface area (Å²) < 4.78 is 8.88. The maximum Gasteiger partial charge on any atom is 0.119 e. The highest BCUT2D eigenvalue weighted by Crippen LogP contribution is 2.23. The Hall–Kier alpha value is -1.33. The number of nitrogens with zero attached hydrogens (tertiary/aromatic N) is 2. The van der Waals surface area contributed by atoms with E-state index in [4.69, 9.17) is 10.5 Å². The van der Waals surface area contributed by atoms with Gasteiger partial charge in [0, 0.05) is 36.4 Å². The van der Waals surface area contributed by atoms with Crippen LogP contribution in [-0.2, 0) is 19.9 Å². The minimum atomic E-state index is 0.133. The van der Waals surface area contributed by atoms with Gasteiger partial charge in [0.15, 0.2) is 0 Å². The SMILES string of the molecule is CC(N)Cc1cc(OCCc2nccn2C)ccc1Br. The number of nitrogens with two attached hydrogens (primary N) is 1. The smallest absolute Gasteiger partial charge is 0.119 e. The number of halogens is 1. The molecule has 0 aliphatic heterocycles. The zero-order valence-electron chi connectivity index (χ0n) is 11.8. The largest absolute Gasteiger partial charge is 0.493 e. The van der Waals surface area contributed by atoms with E-state index in [0.717, 1.165) is 28.9 Å². The standard InChI is InChI=1S/C15H20BrN3O/c1-11(17)9-12-10-13(3-4-14(12)16)20-8-5-15-18-6-7-19(15)2/h3-4,6-7,10-11H,5,8-9,17H2,1-2H3. The van der Waals surface area contributed by atoms with E-state index in [-0.39, 0.29) is 6.04 Å². The molecule has 0 amide bonds. The quantitative estimate of drug-likeness (QED) is 0.881. The number of aromatic nitrogens is 2. The highest BCUT2D eigenvalue weighted by atomic mass is 79.9. The molecule has 0 saturated carbocycles. The van der Waals surface area contributed by atoms with Crippen molar-refractivity contribution in [3.8, 4) is 5.75 Å². The summed E-state index contributed by atoms with van der Waals surface area (Å²) in [7, 11) is 1.99. The van der Waals surface area contributed by atoms with Crippen LogP contribution in [0.25, 0.3) is 0 Å². The van der Waals surface area contributed by atoms with Gasteiger partial charge in [-0.3, -0.25) is 0 Å². The fourth-order valence-electron chi connectivity index (χ4n) is 2.04. The zero-order chi connectivity index (χ0) is 14.5. The van der Waals surface area contributed by atoms with Gasteiger partial charge in [0.25, 0.3) is 0 Å². The highest BCUT2D eigenvalue weighted by molar-refractivity contribution is 9.10. The monoisotopic (exact) mass is 337 g/mol. The van der Waals surface area contributed by atoms with Crippen LogP contribution in [0.4, 0.5) is 0 Å². The molecule has 0 aliphatic carbocycles. The molecule has 5 heteroatoms. The first-order chi connectivity index (χ1) is 9.56. The summed E-state index contributed by atoms with van der Waals surface area (Å²) in [6.07, 6.45) is 5.37. The summed E-state index contributed by atoms with van der Waals surface area (Å²) in [4.78, 5) is 4.28. The van der Waals surface area contributed by atoms with Gasteiger partial charge in [-0.25, -0.2) is 4.98 Å². The van der Waals surface area contributed by atoms with Crippen molar-refractivity contribution in [1.29, 1.82) is 0 Å². The third-order valence-corrected chi connectivity index (χ3v) is 3.85. The van der Waals surface area contributed by atoms with Crippen molar-refractivity contribution in [3.05, 3.63) is 46.5 Å². The number of imidazole rings is 1. The Balaban J connectivity index is 1.94. The lowest BCUT2D eigenvalue weighted by Gasteiger charge is -2.11. The first-order valence-electron chi connectivity index (χ1n) is 6.69. The number of benzene rings is 1. The number of aryl methyl sites for hydroxylation is 1. The van der Waals surface area contributed by atoms with Crippen LogP contribution in [0.15, 0.2) is 35.1 Å². The van der Waals surface area contributed by atoms with Gasteiger partial charge in [0.05, 0.1) is 6.61 Å². The Labute approximate surface area is 128 Å². The molecule has 2 aromatic rings. The predicted molar refractivity (Wildman–Crippen MR) is 83.9 cm³/mol. The molecule has 1 unspecified atom stereocenters. The van der Waals surface area contributed by atoms with E-state index < -0.39 is 0 Å². The summed E-state index contributed by atoms with van der Waals surface area (Å²) in [5, 5.41) is 0. The van der Waals surface area contributed by atoms with E-state index in [9.17, 15) is 0 Å². The average Bonchev–Trinajstić information content (AvgIpc) is 2.79. The predicted octanol–water partition coefficient (Wildman–Crippen LogP) is 2.69. The molecule has 1 atom stereocenters. The molecule has 2 N–H and O–H groups in total. The Bertz CT molecular complexity index is 566. The van der Waals surface area contributed by atoms with E-state index in [1.807, 2.05) is 42.9 Å². The van der Waals surface area contributed by atoms with Crippen LogP contribution in [0.3, 0.4) is 0 Å². The molecule has 1 heterocycles. The zero-order valence-corrected chi connectivity index (χ0v) is 13.4. The summed E-state index contributed by atoms with van der Waals surface area (Å²) in [5.74, 6) is 1.90. The van der Waals surface area contributed by atoms with Gasteiger partial charge < -0.3 is 15.0 Å². The maximum atomic E-state index is 5.85. The molecule has 20 heavy (non-hydrogen) atoms. The van der Waals surface area contributed by atoms with Crippen molar-refractivity contribution in [2.45, 2.75) is 25.8 Å². The normalized spacial score (nSPS) is 12.4. The summed E-state index contributed by atoms with van der Waals surface area (Å²) in [6, 6.07) is 6.15. The van der Waals surface area contributed by atoms with E-state index in [1.54, 1.807) is 6.20 Å². The molecule has 4 nitrogen and oxygen atoms in total. The molecule has 0 aliphatic rings. The summed E-state index contributed by atoms with van der Waals surface area (Å²) in [6.45, 7) is 2.62. The van der Waals surface area contributed by atoms with Gasteiger partial charge in [-0.1, -0.05) is 15.9 Å². The van der Waals surface area contributed by atoms with Crippen molar-refractivity contribution < 1.29 is 4.74 Å². The molecule has 0 saturated heterocycles. The van der Waals surface area contributed by atoms with Gasteiger partial charge in [-0.05, 0) is 37.1 Å². The van der Waals surface area contributed by atoms with E-state index in [0.29, 0.717) is 6.61 Å². The van der Waals surface area contributed by atoms with Crippen molar-refractivity contribution in [2.24, 2.45) is 12.8 Å². The number of ether oxygens (including phenoxy) is 1. The lowest BCUT2D eigenvalue weighted by molar-refractivity contribution is 0.317. The fraction of sp³-hybridized carbons (Fsp3) is 0.400. The second kappa shape index (κ2) is 6.90. The fourth-order valence-corrected chi connectivity index (χ4v) is 2.45. The van der Waals surface area contributed by atoms with Gasteiger partial charge in [0.1, 0.15) is 11.6 Å². The average molecular weight is 338 g/mol. The minimum absolute atomic E-state index is 0.133. The summed E-state index contributed by atoms with van der Waals surface area (Å²) >= 11 is 3.54. The van der Waals surface area contributed by atoms with Crippen LogP contribution in [-0.4, -0.2) is 22.2 Å². The molecule has 2 rings (SSSR count). The Kier molecular flexibility index (Phi) is 5.20. The molecule has 108 valence electrons. The minimum Gasteiger partial charge on any atom is -0.493 e. The number of hydrogen-bond acceptors (Lipinski definition) is 3. The lowest BCUT2D eigenvalue weighted by Crippen LogP contribution is -2.18. The molecular weight excluding hydrogens is 318 g/mol. The second-order valence-corrected chi connectivity index (χ2v) is 5.84. The van der Waals surface area contributed by atoms with Gasteiger partial charge >= 0.3 is 0 Å². The first kappa shape index (κ1) is 15.1. The van der Waals surface area contributed by atoms with E-state index >= 15 is 0 Å². The molecule has 1 aromatic heterocycles. The Morgan fingerprint density at radius 2 is 2.25 bits per heavy atom. The molecule has 0 bridgehead atoms. The molecular formula is C15H20BrN3O. The summed E-state index contributed by atoms with van der Waals surface area (Å²) in [5.41, 5.74) is 7.03. The van der Waals surface area contributed by atoms with Crippen LogP contribution in [0.2, 0.25) is 0 Å². The van der Waals surface area contributed by atoms with Crippen LogP contribution >= 0.6 is 15.9 Å². The maximum absolute atomic E-state index is 5.85. The van der Waals surface area contributed by atoms with Crippen molar-refractivity contribution in [2.75, 3.05) is 6.61 Å². The Morgan fingerprint density at radius 3 is 2.90 bits per heavy atom. The van der Waals surface area contributed by atoms with E-state index in [1.165, 1.54) is 5.56 Å². The van der Waals surface area contributed by atoms with Crippen molar-refractivity contribution in [1.82, 2.24) is 9.55 Å². The number of rotatable bonds is 6. The van der Waals surface area contributed by atoms with Gasteiger partial charge in [-0.15, -0.1) is 0 Å². The van der Waals surface area contributed by atoms with Crippen LogP contribution in [0.5, 0.6) is 5.75 Å². The van der Waals surface area contributed by atoms with Gasteiger partial charge in [-0.2, -0.15) is 0 Å². The molecule has 1 aromatic carbocycles. The molecule has 0 fully saturated rings. The van der Waals surface area contributed by atoms with Gasteiger partial charge in [0.2, 0.25) is 0 Å². The first-order valence-corrected chi connectivity index (χ1v) is 7.48.